The molecule has 0 radical (unpaired) electrons. The fourth-order valence-electron chi connectivity index (χ4n) is 1.72. The highest BCUT2D eigenvalue weighted by atomic mass is 32.2. The smallest absolute Gasteiger partial charge is 0.206 e. The average molecular weight is 650 g/mol. The maximum absolute atomic E-state index is 13.5. The Labute approximate surface area is 190 Å². The summed E-state index contributed by atoms with van der Waals surface area (Å²) in [5, 5.41) is -12.7. The molecule has 0 aromatic heterocycles. The zero-order valence-electron chi connectivity index (χ0n) is 15.9. The van der Waals surface area contributed by atoms with Gasteiger partial charge in [-0.25, -0.2) is 8.42 Å². The topological polar surface area (TPSA) is 49.4 Å². The largest absolute Gasteiger partial charge is 0.460 e. The van der Waals surface area contributed by atoms with E-state index >= 15 is 0 Å². The van der Waals surface area contributed by atoms with E-state index in [1.165, 1.54) is 0 Å². The van der Waals surface area contributed by atoms with Crippen LogP contribution in [0.5, 0.6) is 0 Å². The molecule has 4 nitrogen and oxygen atoms in total. The van der Waals surface area contributed by atoms with Gasteiger partial charge >= 0.3 is 59.1 Å². The highest BCUT2D eigenvalue weighted by molar-refractivity contribution is 7.90. The normalized spacial score (nSPS) is 16.8. The van der Waals surface area contributed by atoms with Gasteiger partial charge in [0.25, 0.3) is 10.0 Å². The number of hydrogen-bond acceptors (Lipinski definition) is 3. The van der Waals surface area contributed by atoms with Crippen LogP contribution >= 0.6 is 0 Å². The molecule has 0 fully saturated rings. The molecule has 0 heterocycles. The van der Waals surface area contributed by atoms with Crippen LogP contribution < -0.4 is 4.72 Å². The standard InChI is InChI=1S/C10HF23N2O2S/c11-1(12,3(15,16)5(19,20)7(23,24)25)2(13,14)4(17,18)6(21,22)10(30,31)38(36,37)34-8(26,27)9(28,29)35(32)33/h34H. The van der Waals surface area contributed by atoms with Gasteiger partial charge in [-0.05, 0) is 0 Å². The third-order valence-corrected chi connectivity index (χ3v) is 5.34. The van der Waals surface area contributed by atoms with E-state index < -0.39 is 79.1 Å². The van der Waals surface area contributed by atoms with Crippen molar-refractivity contribution in [2.24, 2.45) is 0 Å². The molecule has 0 rings (SSSR count). The number of halogens is 23. The number of hydrogen-bond donors (Lipinski definition) is 1. The summed E-state index contributed by atoms with van der Waals surface area (Å²) in [6, 6.07) is -14.9. The molecule has 38 heavy (non-hydrogen) atoms. The van der Waals surface area contributed by atoms with E-state index in [1.54, 1.807) is 0 Å². The van der Waals surface area contributed by atoms with E-state index in [0.29, 0.717) is 0 Å². The summed E-state index contributed by atoms with van der Waals surface area (Å²) < 4.78 is 315. The molecular weight excluding hydrogens is 649 g/mol. The first-order chi connectivity index (χ1) is 15.9. The van der Waals surface area contributed by atoms with E-state index in [4.69, 9.17) is 0 Å². The quantitative estimate of drug-likeness (QED) is 0.167. The Balaban J connectivity index is 7.04. The molecule has 230 valence electrons. The lowest BCUT2D eigenvalue weighted by Gasteiger charge is -2.42. The van der Waals surface area contributed by atoms with Gasteiger partial charge in [0.1, 0.15) is 0 Å². The number of nitrogens with one attached hydrogen (secondary N) is 1. The van der Waals surface area contributed by atoms with E-state index in [2.05, 4.69) is 0 Å². The van der Waals surface area contributed by atoms with Crippen molar-refractivity contribution in [3.8, 4) is 0 Å². The van der Waals surface area contributed by atoms with Gasteiger partial charge in [-0.3, -0.25) is 0 Å². The lowest BCUT2D eigenvalue weighted by molar-refractivity contribution is -0.458. The van der Waals surface area contributed by atoms with Crippen LogP contribution in [0.1, 0.15) is 0 Å². The van der Waals surface area contributed by atoms with Crippen LogP contribution in [-0.2, 0) is 10.0 Å². The minimum Gasteiger partial charge on any atom is -0.206 e. The van der Waals surface area contributed by atoms with Gasteiger partial charge in [0, 0.05) is 0 Å². The monoisotopic (exact) mass is 650 g/mol. The summed E-state index contributed by atoms with van der Waals surface area (Å²) in [4.78, 5) is 0. The first kappa shape index (κ1) is 36.3. The van der Waals surface area contributed by atoms with Crippen LogP contribution in [0.25, 0.3) is 0 Å². The highest BCUT2D eigenvalue weighted by Gasteiger charge is 2.96. The summed E-state index contributed by atoms with van der Waals surface area (Å²) in [6.07, 6.45) is -8.09. The van der Waals surface area contributed by atoms with Crippen molar-refractivity contribution in [1.29, 1.82) is 0 Å². The van der Waals surface area contributed by atoms with Crippen molar-refractivity contribution in [2.45, 2.75) is 59.1 Å². The third kappa shape index (κ3) is 4.55. The Morgan fingerprint density at radius 1 is 0.447 bits per heavy atom. The fraction of sp³-hybridized carbons (Fsp3) is 1.00. The Bertz CT molecular complexity index is 981. The summed E-state index contributed by atoms with van der Waals surface area (Å²) in [6.45, 7) is 0. The van der Waals surface area contributed by atoms with Crippen molar-refractivity contribution in [2.75, 3.05) is 0 Å². The summed E-state index contributed by atoms with van der Waals surface area (Å²) in [5.74, 6) is -54.5. The Morgan fingerprint density at radius 3 is 0.974 bits per heavy atom. The van der Waals surface area contributed by atoms with Gasteiger partial charge in [0.2, 0.25) is 0 Å². The molecule has 0 aliphatic rings. The van der Waals surface area contributed by atoms with Crippen molar-refractivity contribution in [3.63, 3.8) is 0 Å². The van der Waals surface area contributed by atoms with E-state index in [9.17, 15) is 110 Å². The lowest BCUT2D eigenvalue weighted by Crippen LogP contribution is -2.75. The molecule has 28 heteroatoms. The summed E-state index contributed by atoms with van der Waals surface area (Å²) >= 11 is 0. The van der Waals surface area contributed by atoms with Gasteiger partial charge in [-0.2, -0.15) is 92.2 Å². The maximum atomic E-state index is 13.5. The van der Waals surface area contributed by atoms with Crippen molar-refractivity contribution >= 4 is 10.0 Å². The van der Waals surface area contributed by atoms with Crippen molar-refractivity contribution in [3.05, 3.63) is 0 Å². The van der Waals surface area contributed by atoms with Crippen molar-refractivity contribution in [1.82, 2.24) is 10.1 Å². The third-order valence-electron chi connectivity index (χ3n) is 3.88. The van der Waals surface area contributed by atoms with Gasteiger partial charge in [-0.1, -0.05) is 8.96 Å². The second-order valence-corrected chi connectivity index (χ2v) is 8.14. The van der Waals surface area contributed by atoms with Gasteiger partial charge in [0.05, 0.1) is 5.34 Å². The molecule has 0 aromatic rings. The lowest BCUT2D eigenvalue weighted by atomic mass is 9.91. The second-order valence-electron chi connectivity index (χ2n) is 6.41. The number of rotatable bonds is 11. The first-order valence-corrected chi connectivity index (χ1v) is 9.01. The number of nitrogens with zero attached hydrogens (tertiary/aromatic N) is 1. The molecule has 0 unspecified atom stereocenters. The SMILES string of the molecule is O=S(=O)(NC(F)(F)C(F)(F)N(F)F)C(F)(F)C(F)(F)C(F)(F)C(F)(F)C(F)(F)C(F)(F)C(F)(F)C(F)(F)F. The molecule has 0 saturated carbocycles. The Morgan fingerprint density at radius 2 is 0.711 bits per heavy atom. The molecule has 0 aliphatic heterocycles. The minimum atomic E-state index is -9.32. The predicted molar refractivity (Wildman–Crippen MR) is 66.7 cm³/mol. The molecule has 0 saturated heterocycles. The Hall–Kier alpha value is -1.74. The maximum Gasteiger partial charge on any atom is 0.460 e. The molecule has 0 aromatic carbocycles. The van der Waals surface area contributed by atoms with Gasteiger partial charge in [-0.15, -0.1) is 4.72 Å². The molecule has 0 bridgehead atoms. The van der Waals surface area contributed by atoms with E-state index in [1.807, 2.05) is 0 Å². The molecular formula is C10HF23N2O2S. The summed E-state index contributed by atoms with van der Waals surface area (Å²) in [5.41, 5.74) is 0. The van der Waals surface area contributed by atoms with Crippen LogP contribution in [0.15, 0.2) is 0 Å². The van der Waals surface area contributed by atoms with E-state index in [0.717, 1.165) is 0 Å². The number of sulfonamides is 1. The Kier molecular flexibility index (Phi) is 8.48. The zero-order valence-corrected chi connectivity index (χ0v) is 16.7. The van der Waals surface area contributed by atoms with Crippen LogP contribution in [-0.4, -0.2) is 72.8 Å². The molecule has 0 aliphatic carbocycles. The molecule has 0 atom stereocenters. The predicted octanol–water partition coefficient (Wildman–Crippen LogP) is 6.13. The number of alkyl halides is 21. The van der Waals surface area contributed by atoms with Crippen LogP contribution in [0.4, 0.5) is 101 Å². The van der Waals surface area contributed by atoms with Crippen molar-refractivity contribution < 1.29 is 110 Å². The fourth-order valence-corrected chi connectivity index (χ4v) is 2.77. The van der Waals surface area contributed by atoms with E-state index in [-0.39, 0.29) is 0 Å². The summed E-state index contributed by atoms with van der Waals surface area (Å²) in [7, 11) is -8.97. The van der Waals surface area contributed by atoms with Crippen LogP contribution in [0, 0.1) is 0 Å². The zero-order chi connectivity index (χ0) is 31.8. The minimum absolute atomic E-state index is 1.81. The molecule has 1 N–H and O–H groups in total. The van der Waals surface area contributed by atoms with Crippen LogP contribution in [0.3, 0.4) is 0 Å². The average Bonchev–Trinajstić information content (AvgIpc) is 2.64. The van der Waals surface area contributed by atoms with Gasteiger partial charge in [0.15, 0.2) is 0 Å². The van der Waals surface area contributed by atoms with Crippen LogP contribution in [0.2, 0.25) is 0 Å². The highest BCUT2D eigenvalue weighted by Crippen LogP contribution is 2.64. The molecule has 0 spiro atoms. The second kappa shape index (κ2) is 8.88. The van der Waals surface area contributed by atoms with Gasteiger partial charge < -0.3 is 0 Å². The molecule has 0 amide bonds. The first-order valence-electron chi connectivity index (χ1n) is 7.52.